The number of hydrogen-bond donors (Lipinski definition) is 2. The normalized spacial score (nSPS) is 10.4. The molecule has 0 aliphatic rings. The second-order valence-electron chi connectivity index (χ2n) is 6.40. The monoisotopic (exact) mass is 379 g/mol. The van der Waals surface area contributed by atoms with Crippen LogP contribution in [0, 0.1) is 6.92 Å². The van der Waals surface area contributed by atoms with Crippen molar-refractivity contribution >= 4 is 23.3 Å². The lowest BCUT2D eigenvalue weighted by Crippen LogP contribution is -2.23. The maximum Gasteiger partial charge on any atom is 0.251 e. The lowest BCUT2D eigenvalue weighted by Gasteiger charge is -2.09. The van der Waals surface area contributed by atoms with Crippen molar-refractivity contribution in [2.24, 2.45) is 0 Å². The first-order chi connectivity index (χ1) is 13.1. The van der Waals surface area contributed by atoms with Crippen LogP contribution in [-0.2, 0) is 13.0 Å². The average molecular weight is 380 g/mol. The maximum atomic E-state index is 12.4. The summed E-state index contributed by atoms with van der Waals surface area (Å²) in [4.78, 5) is 16.7. The molecule has 0 aliphatic carbocycles. The van der Waals surface area contributed by atoms with Gasteiger partial charge in [0, 0.05) is 29.9 Å². The van der Waals surface area contributed by atoms with E-state index in [1.165, 1.54) is 11.1 Å². The van der Waals surface area contributed by atoms with Crippen LogP contribution in [0.3, 0.4) is 0 Å². The van der Waals surface area contributed by atoms with E-state index in [1.54, 1.807) is 18.3 Å². The van der Waals surface area contributed by atoms with Crippen molar-refractivity contribution in [1.82, 2.24) is 10.3 Å². The highest BCUT2D eigenvalue weighted by molar-refractivity contribution is 6.30. The molecule has 1 aromatic heterocycles. The highest BCUT2D eigenvalue weighted by atomic mass is 35.5. The zero-order valence-corrected chi connectivity index (χ0v) is 16.0. The van der Waals surface area contributed by atoms with E-state index < -0.39 is 0 Å². The fourth-order valence-electron chi connectivity index (χ4n) is 2.64. The predicted octanol–water partition coefficient (Wildman–Crippen LogP) is 4.63. The zero-order valence-electron chi connectivity index (χ0n) is 15.2. The topological polar surface area (TPSA) is 54.0 Å². The van der Waals surface area contributed by atoms with Gasteiger partial charge in [-0.2, -0.15) is 0 Å². The van der Waals surface area contributed by atoms with E-state index in [9.17, 15) is 4.79 Å². The van der Waals surface area contributed by atoms with Crippen LogP contribution in [0.2, 0.25) is 5.02 Å². The standard InChI is InChI=1S/C22H22ClN3O/c1-16-2-4-18(5-3-16)15-26-22(27)19-11-13-25-21(14-19)24-12-10-17-6-8-20(23)9-7-17/h2-9,11,13-14H,10,12,15H2,1H3,(H,24,25)(H,26,27). The molecule has 0 saturated carbocycles. The second-order valence-corrected chi connectivity index (χ2v) is 6.84. The van der Waals surface area contributed by atoms with Crippen LogP contribution in [-0.4, -0.2) is 17.4 Å². The minimum Gasteiger partial charge on any atom is -0.370 e. The van der Waals surface area contributed by atoms with E-state index in [0.29, 0.717) is 17.9 Å². The van der Waals surface area contributed by atoms with Crippen LogP contribution >= 0.6 is 11.6 Å². The van der Waals surface area contributed by atoms with Gasteiger partial charge >= 0.3 is 0 Å². The number of aromatic nitrogens is 1. The van der Waals surface area contributed by atoms with Gasteiger partial charge in [-0.15, -0.1) is 0 Å². The van der Waals surface area contributed by atoms with E-state index in [4.69, 9.17) is 11.6 Å². The number of benzene rings is 2. The Kier molecular flexibility index (Phi) is 6.44. The first-order valence-corrected chi connectivity index (χ1v) is 9.26. The van der Waals surface area contributed by atoms with Gasteiger partial charge in [-0.05, 0) is 48.7 Å². The number of halogens is 1. The summed E-state index contributed by atoms with van der Waals surface area (Å²) in [7, 11) is 0. The molecule has 1 amide bonds. The summed E-state index contributed by atoms with van der Waals surface area (Å²) in [5.74, 6) is 0.575. The molecule has 4 nitrogen and oxygen atoms in total. The summed E-state index contributed by atoms with van der Waals surface area (Å²) in [6.07, 6.45) is 2.49. The van der Waals surface area contributed by atoms with Crippen molar-refractivity contribution in [3.8, 4) is 0 Å². The Labute approximate surface area is 164 Å². The van der Waals surface area contributed by atoms with Crippen LogP contribution in [0.1, 0.15) is 27.0 Å². The summed E-state index contributed by atoms with van der Waals surface area (Å²) < 4.78 is 0. The Balaban J connectivity index is 1.52. The fourth-order valence-corrected chi connectivity index (χ4v) is 2.77. The highest BCUT2D eigenvalue weighted by Crippen LogP contribution is 2.11. The lowest BCUT2D eigenvalue weighted by molar-refractivity contribution is 0.0951. The van der Waals surface area contributed by atoms with E-state index in [2.05, 4.69) is 15.6 Å². The first-order valence-electron chi connectivity index (χ1n) is 8.88. The largest absolute Gasteiger partial charge is 0.370 e. The van der Waals surface area contributed by atoms with Gasteiger partial charge in [0.05, 0.1) is 0 Å². The van der Waals surface area contributed by atoms with Gasteiger partial charge in [0.2, 0.25) is 0 Å². The number of carbonyl (C=O) groups is 1. The number of hydrogen-bond acceptors (Lipinski definition) is 3. The fraction of sp³-hybridized carbons (Fsp3) is 0.182. The van der Waals surface area contributed by atoms with Crippen LogP contribution < -0.4 is 10.6 Å². The molecule has 2 aromatic carbocycles. The number of rotatable bonds is 7. The molecule has 1 heterocycles. The zero-order chi connectivity index (χ0) is 19.1. The number of carbonyl (C=O) groups excluding carboxylic acids is 1. The quantitative estimate of drug-likeness (QED) is 0.629. The number of pyridine rings is 1. The SMILES string of the molecule is Cc1ccc(CNC(=O)c2ccnc(NCCc3ccc(Cl)cc3)c2)cc1. The number of aryl methyl sites for hydroxylation is 1. The van der Waals surface area contributed by atoms with Crippen molar-refractivity contribution < 1.29 is 4.79 Å². The average Bonchev–Trinajstić information content (AvgIpc) is 2.69. The molecule has 0 spiro atoms. The van der Waals surface area contributed by atoms with Gasteiger partial charge in [-0.1, -0.05) is 53.6 Å². The molecule has 0 unspecified atom stereocenters. The predicted molar refractivity (Wildman–Crippen MR) is 110 cm³/mol. The minimum atomic E-state index is -0.112. The Morgan fingerprint density at radius 2 is 1.70 bits per heavy atom. The molecule has 3 rings (SSSR count). The lowest BCUT2D eigenvalue weighted by atomic mass is 10.1. The van der Waals surface area contributed by atoms with Gasteiger partial charge in [0.15, 0.2) is 0 Å². The third-order valence-electron chi connectivity index (χ3n) is 4.23. The Bertz CT molecular complexity index is 892. The Morgan fingerprint density at radius 3 is 2.44 bits per heavy atom. The number of amides is 1. The van der Waals surface area contributed by atoms with Gasteiger partial charge in [0.1, 0.15) is 5.82 Å². The highest BCUT2D eigenvalue weighted by Gasteiger charge is 2.07. The third-order valence-corrected chi connectivity index (χ3v) is 4.48. The van der Waals surface area contributed by atoms with Crippen LogP contribution in [0.5, 0.6) is 0 Å². The van der Waals surface area contributed by atoms with Crippen molar-refractivity contribution in [2.75, 3.05) is 11.9 Å². The van der Waals surface area contributed by atoms with Crippen LogP contribution in [0.4, 0.5) is 5.82 Å². The van der Waals surface area contributed by atoms with Crippen molar-refractivity contribution in [1.29, 1.82) is 0 Å². The van der Waals surface area contributed by atoms with E-state index in [-0.39, 0.29) is 5.91 Å². The van der Waals surface area contributed by atoms with E-state index in [1.807, 2.05) is 55.5 Å². The summed E-state index contributed by atoms with van der Waals surface area (Å²) in [5, 5.41) is 6.94. The molecular weight excluding hydrogens is 358 g/mol. The molecule has 0 aliphatic heterocycles. The second kappa shape index (κ2) is 9.19. The van der Waals surface area contributed by atoms with Gasteiger partial charge in [-0.3, -0.25) is 4.79 Å². The number of nitrogens with zero attached hydrogens (tertiary/aromatic N) is 1. The molecule has 5 heteroatoms. The number of nitrogens with one attached hydrogen (secondary N) is 2. The van der Waals surface area contributed by atoms with Crippen LogP contribution in [0.15, 0.2) is 66.9 Å². The molecular formula is C22H22ClN3O. The summed E-state index contributed by atoms with van der Waals surface area (Å²) >= 11 is 5.90. The molecule has 27 heavy (non-hydrogen) atoms. The molecule has 0 atom stereocenters. The summed E-state index contributed by atoms with van der Waals surface area (Å²) in [6, 6.07) is 19.4. The third kappa shape index (κ3) is 5.83. The van der Waals surface area contributed by atoms with Gasteiger partial charge in [0.25, 0.3) is 5.91 Å². The van der Waals surface area contributed by atoms with Crippen molar-refractivity contribution in [3.05, 3.63) is 94.1 Å². The molecule has 0 saturated heterocycles. The Hall–Kier alpha value is -2.85. The molecule has 0 fully saturated rings. The summed E-state index contributed by atoms with van der Waals surface area (Å²) in [6.45, 7) is 3.27. The minimum absolute atomic E-state index is 0.112. The van der Waals surface area contributed by atoms with E-state index in [0.717, 1.165) is 23.6 Å². The Morgan fingerprint density at radius 1 is 1.00 bits per heavy atom. The molecule has 2 N–H and O–H groups in total. The molecule has 3 aromatic rings. The first kappa shape index (κ1) is 18.9. The molecule has 0 bridgehead atoms. The van der Waals surface area contributed by atoms with Crippen molar-refractivity contribution in [2.45, 2.75) is 19.9 Å². The van der Waals surface area contributed by atoms with Crippen molar-refractivity contribution in [3.63, 3.8) is 0 Å². The van der Waals surface area contributed by atoms with E-state index >= 15 is 0 Å². The van der Waals surface area contributed by atoms with Gasteiger partial charge in [-0.25, -0.2) is 4.98 Å². The van der Waals surface area contributed by atoms with Gasteiger partial charge < -0.3 is 10.6 Å². The number of anilines is 1. The maximum absolute atomic E-state index is 12.4. The summed E-state index contributed by atoms with van der Waals surface area (Å²) in [5.41, 5.74) is 4.06. The smallest absolute Gasteiger partial charge is 0.251 e. The van der Waals surface area contributed by atoms with Crippen LogP contribution in [0.25, 0.3) is 0 Å². The molecule has 138 valence electrons. The molecule has 0 radical (unpaired) electrons.